The minimum atomic E-state index is -0.303. The van der Waals surface area contributed by atoms with Crippen molar-refractivity contribution < 1.29 is 10.2 Å². The third-order valence-corrected chi connectivity index (χ3v) is 11.3. The third kappa shape index (κ3) is 3.96. The lowest BCUT2D eigenvalue weighted by Crippen LogP contribution is -2.54. The number of rotatable bonds is 6. The summed E-state index contributed by atoms with van der Waals surface area (Å²) >= 11 is 0. The van der Waals surface area contributed by atoms with Crippen LogP contribution in [0.4, 0.5) is 0 Å². The molecule has 4 aliphatic rings. The molecule has 2 N–H and O–H groups in total. The van der Waals surface area contributed by atoms with Gasteiger partial charge in [0.2, 0.25) is 0 Å². The van der Waals surface area contributed by atoms with E-state index in [0.717, 1.165) is 42.9 Å². The Hall–Kier alpha value is -0.340. The summed E-state index contributed by atoms with van der Waals surface area (Å²) in [5, 5.41) is 21.6. The lowest BCUT2D eigenvalue weighted by molar-refractivity contribution is -0.0972. The van der Waals surface area contributed by atoms with Crippen LogP contribution >= 0.6 is 0 Å². The fourth-order valence-electron chi connectivity index (χ4n) is 9.29. The van der Waals surface area contributed by atoms with E-state index >= 15 is 0 Å². The van der Waals surface area contributed by atoms with E-state index in [2.05, 4.69) is 47.6 Å². The van der Waals surface area contributed by atoms with Crippen LogP contribution in [-0.2, 0) is 0 Å². The van der Waals surface area contributed by atoms with Gasteiger partial charge in [0, 0.05) is 0 Å². The van der Waals surface area contributed by atoms with Gasteiger partial charge in [-0.15, -0.1) is 0 Å². The molecule has 0 aliphatic heterocycles. The largest absolute Gasteiger partial charge is 0.393 e. The molecule has 178 valence electrons. The van der Waals surface area contributed by atoms with Gasteiger partial charge in [0.05, 0.1) is 12.2 Å². The van der Waals surface area contributed by atoms with Crippen molar-refractivity contribution in [3.05, 3.63) is 11.6 Å². The van der Waals surface area contributed by atoms with Gasteiger partial charge in [-0.25, -0.2) is 0 Å². The van der Waals surface area contributed by atoms with Gasteiger partial charge in [-0.2, -0.15) is 0 Å². The van der Waals surface area contributed by atoms with Crippen LogP contribution in [0.2, 0.25) is 0 Å². The molecule has 4 rings (SSSR count). The molecule has 0 unspecified atom stereocenters. The Kier molecular flexibility index (Phi) is 6.75. The molecule has 0 aromatic carbocycles. The lowest BCUT2D eigenvalue weighted by Gasteiger charge is -2.59. The maximum atomic E-state index is 11.3. The summed E-state index contributed by atoms with van der Waals surface area (Å²) in [6.07, 6.45) is 13.9. The molecule has 10 atom stereocenters. The highest BCUT2D eigenvalue weighted by Crippen LogP contribution is 2.67. The third-order valence-electron chi connectivity index (χ3n) is 11.3. The van der Waals surface area contributed by atoms with Crippen molar-refractivity contribution in [1.82, 2.24) is 0 Å². The van der Waals surface area contributed by atoms with Crippen molar-refractivity contribution in [3.8, 4) is 0 Å². The predicted octanol–water partition coefficient (Wildman–Crippen LogP) is 7.00. The van der Waals surface area contributed by atoms with Crippen molar-refractivity contribution in [1.29, 1.82) is 0 Å². The number of aliphatic hydroxyl groups excluding tert-OH is 2. The van der Waals surface area contributed by atoms with Gasteiger partial charge in [-0.3, -0.25) is 0 Å². The predicted molar refractivity (Wildman–Crippen MR) is 130 cm³/mol. The fraction of sp³-hybridized carbons (Fsp3) is 0.931. The zero-order chi connectivity index (χ0) is 22.6. The molecule has 0 aromatic rings. The number of hydrogen-bond acceptors (Lipinski definition) is 2. The van der Waals surface area contributed by atoms with E-state index < -0.39 is 0 Å². The zero-order valence-electron chi connectivity index (χ0n) is 21.2. The molecule has 0 saturated heterocycles. The summed E-state index contributed by atoms with van der Waals surface area (Å²) in [5.74, 6) is 4.99. The Morgan fingerprint density at radius 1 is 0.968 bits per heavy atom. The maximum Gasteiger partial charge on any atom is 0.0757 e. The van der Waals surface area contributed by atoms with E-state index in [9.17, 15) is 10.2 Å². The Morgan fingerprint density at radius 3 is 2.39 bits per heavy atom. The summed E-state index contributed by atoms with van der Waals surface area (Å²) in [6, 6.07) is 0. The molecule has 0 aromatic heterocycles. The first kappa shape index (κ1) is 23.8. The first-order valence-electron chi connectivity index (χ1n) is 13.7. The van der Waals surface area contributed by atoms with Gasteiger partial charge in [0.1, 0.15) is 0 Å². The van der Waals surface area contributed by atoms with E-state index in [1.807, 2.05) is 0 Å². The quantitative estimate of drug-likeness (QED) is 0.446. The van der Waals surface area contributed by atoms with Gasteiger partial charge < -0.3 is 10.2 Å². The van der Waals surface area contributed by atoms with Gasteiger partial charge in [0.25, 0.3) is 0 Å². The zero-order valence-corrected chi connectivity index (χ0v) is 21.2. The van der Waals surface area contributed by atoms with Crippen LogP contribution in [0.25, 0.3) is 0 Å². The van der Waals surface area contributed by atoms with Crippen LogP contribution in [0.1, 0.15) is 106 Å². The van der Waals surface area contributed by atoms with Crippen LogP contribution in [0.15, 0.2) is 11.6 Å². The van der Waals surface area contributed by atoms with Crippen molar-refractivity contribution in [3.63, 3.8) is 0 Å². The highest BCUT2D eigenvalue weighted by atomic mass is 16.3. The van der Waals surface area contributed by atoms with Gasteiger partial charge >= 0.3 is 0 Å². The molecule has 3 fully saturated rings. The molecule has 0 amide bonds. The van der Waals surface area contributed by atoms with Crippen LogP contribution in [0, 0.1) is 52.3 Å². The van der Waals surface area contributed by atoms with Crippen LogP contribution in [0.5, 0.6) is 0 Å². The molecule has 4 aliphatic carbocycles. The summed E-state index contributed by atoms with van der Waals surface area (Å²) in [4.78, 5) is 0. The first-order chi connectivity index (χ1) is 14.6. The van der Waals surface area contributed by atoms with E-state index in [0.29, 0.717) is 23.2 Å². The molecule has 2 heteroatoms. The summed E-state index contributed by atoms with van der Waals surface area (Å²) < 4.78 is 0. The Morgan fingerprint density at radius 2 is 1.71 bits per heavy atom. The lowest BCUT2D eigenvalue weighted by atomic mass is 9.46. The summed E-state index contributed by atoms with van der Waals surface area (Å²) in [7, 11) is 0. The Balaban J connectivity index is 1.52. The first-order valence-corrected chi connectivity index (χ1v) is 13.7. The standard InChI is InChI=1S/C29H50O2/c1-7-20(18(2)3)9-8-19(4)23-10-11-24-27-25(13-15-29(23,24)6)28(5)14-12-22(30)16-21(28)17-26(27)31/h17-20,22-27,30-31H,7-16H2,1-6H3/t19-,20-,22+,23-,24-,25+,26-,27+,28+,29-/m1/s1. The Bertz CT molecular complexity index is 668. The van der Waals surface area contributed by atoms with Crippen LogP contribution in [-0.4, -0.2) is 22.4 Å². The van der Waals surface area contributed by atoms with Crippen molar-refractivity contribution in [2.24, 2.45) is 52.3 Å². The molecular formula is C29H50O2. The molecule has 31 heavy (non-hydrogen) atoms. The second kappa shape index (κ2) is 8.79. The summed E-state index contributed by atoms with van der Waals surface area (Å²) in [5.41, 5.74) is 1.97. The molecule has 0 heterocycles. The Labute approximate surface area is 192 Å². The molecule has 0 radical (unpaired) electrons. The van der Waals surface area contributed by atoms with E-state index in [1.54, 1.807) is 0 Å². The van der Waals surface area contributed by atoms with Crippen molar-refractivity contribution >= 4 is 0 Å². The van der Waals surface area contributed by atoms with Crippen LogP contribution < -0.4 is 0 Å². The minimum Gasteiger partial charge on any atom is -0.393 e. The SMILES string of the molecule is CC[C@H](CC[C@@H](C)[C@H]1CC[C@@H]2[C@@H]3[C@H](O)C=C4C[C@@H](O)CC[C@]4(C)[C@H]3CC[C@@]21C)C(C)C. The van der Waals surface area contributed by atoms with E-state index in [-0.39, 0.29) is 17.6 Å². The second-order valence-electron chi connectivity index (χ2n) is 13.0. The van der Waals surface area contributed by atoms with E-state index in [4.69, 9.17) is 0 Å². The molecule has 3 saturated carbocycles. The smallest absolute Gasteiger partial charge is 0.0757 e. The highest BCUT2D eigenvalue weighted by Gasteiger charge is 2.61. The normalized spacial score (nSPS) is 46.7. The number of fused-ring (bicyclic) bond motifs is 5. The fourth-order valence-corrected chi connectivity index (χ4v) is 9.29. The average molecular weight is 431 g/mol. The average Bonchev–Trinajstić information content (AvgIpc) is 3.06. The number of aliphatic hydroxyl groups is 2. The maximum absolute atomic E-state index is 11.3. The van der Waals surface area contributed by atoms with Gasteiger partial charge in [-0.05, 0) is 104 Å². The van der Waals surface area contributed by atoms with Gasteiger partial charge in [0.15, 0.2) is 0 Å². The van der Waals surface area contributed by atoms with Gasteiger partial charge in [-0.1, -0.05) is 66.0 Å². The van der Waals surface area contributed by atoms with E-state index in [1.165, 1.54) is 50.5 Å². The van der Waals surface area contributed by atoms with Crippen LogP contribution in [0.3, 0.4) is 0 Å². The van der Waals surface area contributed by atoms with Crippen molar-refractivity contribution in [2.45, 2.75) is 118 Å². The molecule has 0 bridgehead atoms. The molecule has 2 nitrogen and oxygen atoms in total. The second-order valence-corrected chi connectivity index (χ2v) is 13.0. The topological polar surface area (TPSA) is 40.5 Å². The number of hydrogen-bond donors (Lipinski definition) is 2. The van der Waals surface area contributed by atoms with Crippen molar-refractivity contribution in [2.75, 3.05) is 0 Å². The molecule has 0 spiro atoms. The molecular weight excluding hydrogens is 380 g/mol. The highest BCUT2D eigenvalue weighted by molar-refractivity contribution is 5.27. The monoisotopic (exact) mass is 430 g/mol. The summed E-state index contributed by atoms with van der Waals surface area (Å²) in [6.45, 7) is 14.7. The minimum absolute atomic E-state index is 0.202.